The summed E-state index contributed by atoms with van der Waals surface area (Å²) >= 11 is 6.54. The molecule has 0 unspecified atom stereocenters. The van der Waals surface area contributed by atoms with Crippen LogP contribution in [0.1, 0.15) is 11.5 Å². The molecule has 2 rings (SSSR count). The molecule has 0 saturated heterocycles. The molecule has 0 spiro atoms. The highest BCUT2D eigenvalue weighted by Crippen LogP contribution is 2.15. The first-order valence-electron chi connectivity index (χ1n) is 3.96. The average molecular weight is 318 g/mol. The smallest absolute Gasteiger partial charge is 0.238 e. The van der Waals surface area contributed by atoms with Gasteiger partial charge < -0.3 is 4.52 Å². The molecular formula is C9H6Br2N2O. The maximum Gasteiger partial charge on any atom is 0.238 e. The third-order valence-electron chi connectivity index (χ3n) is 1.69. The zero-order valence-corrected chi connectivity index (χ0v) is 10.2. The number of hydrogen-bond donors (Lipinski definition) is 0. The van der Waals surface area contributed by atoms with E-state index in [1.54, 1.807) is 0 Å². The van der Waals surface area contributed by atoms with Crippen molar-refractivity contribution in [1.82, 2.24) is 10.1 Å². The van der Waals surface area contributed by atoms with Crippen LogP contribution in [-0.4, -0.2) is 10.1 Å². The second-order valence-electron chi connectivity index (χ2n) is 2.76. The van der Waals surface area contributed by atoms with E-state index < -0.39 is 0 Å². The Morgan fingerprint density at radius 1 is 1.29 bits per heavy atom. The van der Waals surface area contributed by atoms with Gasteiger partial charge in [-0.1, -0.05) is 28.1 Å². The van der Waals surface area contributed by atoms with Gasteiger partial charge in [-0.3, -0.25) is 0 Å². The summed E-state index contributed by atoms with van der Waals surface area (Å²) in [5, 5.41) is 3.65. The topological polar surface area (TPSA) is 38.9 Å². The van der Waals surface area contributed by atoms with Gasteiger partial charge in [-0.25, -0.2) is 0 Å². The monoisotopic (exact) mass is 316 g/mol. The molecule has 5 heteroatoms. The lowest BCUT2D eigenvalue weighted by atomic mass is 10.1. The molecule has 0 aliphatic rings. The number of hydrogen-bond acceptors (Lipinski definition) is 3. The van der Waals surface area contributed by atoms with Crippen LogP contribution in [0.25, 0.3) is 0 Å². The molecule has 1 heterocycles. The van der Waals surface area contributed by atoms with Gasteiger partial charge in [0.1, 0.15) is 0 Å². The molecule has 72 valence electrons. The van der Waals surface area contributed by atoms with Gasteiger partial charge in [0.25, 0.3) is 0 Å². The quantitative estimate of drug-likeness (QED) is 0.854. The predicted molar refractivity (Wildman–Crippen MR) is 58.9 cm³/mol. The maximum absolute atomic E-state index is 4.98. The van der Waals surface area contributed by atoms with Crippen molar-refractivity contribution in [2.75, 3.05) is 0 Å². The van der Waals surface area contributed by atoms with E-state index in [1.807, 2.05) is 24.3 Å². The third-order valence-corrected chi connectivity index (χ3v) is 2.50. The fourth-order valence-corrected chi connectivity index (χ4v) is 1.84. The van der Waals surface area contributed by atoms with E-state index in [0.717, 1.165) is 10.0 Å². The first-order chi connectivity index (χ1) is 6.74. The standard InChI is InChI=1S/C9H6Br2N2O/c10-7-3-1-2-6(4-7)5-8-12-9(11)13-14-8/h1-4H,5H2. The summed E-state index contributed by atoms with van der Waals surface area (Å²) in [6, 6.07) is 8.00. The molecule has 0 saturated carbocycles. The van der Waals surface area contributed by atoms with Crippen molar-refractivity contribution in [1.29, 1.82) is 0 Å². The van der Waals surface area contributed by atoms with Crippen LogP contribution in [0.3, 0.4) is 0 Å². The van der Waals surface area contributed by atoms with Crippen molar-refractivity contribution in [2.45, 2.75) is 6.42 Å². The Balaban J connectivity index is 2.18. The Hall–Kier alpha value is -0.680. The van der Waals surface area contributed by atoms with Crippen molar-refractivity contribution < 1.29 is 4.52 Å². The lowest BCUT2D eigenvalue weighted by Gasteiger charge is -1.96. The molecule has 0 amide bonds. The van der Waals surface area contributed by atoms with Gasteiger partial charge in [-0.2, -0.15) is 4.98 Å². The van der Waals surface area contributed by atoms with Gasteiger partial charge in [-0.15, -0.1) is 0 Å². The van der Waals surface area contributed by atoms with Crippen molar-refractivity contribution in [2.24, 2.45) is 0 Å². The molecule has 0 aliphatic heterocycles. The van der Waals surface area contributed by atoms with Crippen LogP contribution < -0.4 is 0 Å². The zero-order valence-electron chi connectivity index (χ0n) is 7.08. The van der Waals surface area contributed by atoms with Crippen LogP contribution in [0.5, 0.6) is 0 Å². The third kappa shape index (κ3) is 2.42. The molecule has 3 nitrogen and oxygen atoms in total. The minimum atomic E-state index is 0.488. The molecule has 2 aromatic rings. The predicted octanol–water partition coefficient (Wildman–Crippen LogP) is 3.19. The zero-order chi connectivity index (χ0) is 9.97. The van der Waals surface area contributed by atoms with Crippen LogP contribution in [0.15, 0.2) is 38.0 Å². The lowest BCUT2D eigenvalue weighted by Crippen LogP contribution is -1.87. The van der Waals surface area contributed by atoms with Gasteiger partial charge in [0.05, 0.1) is 6.42 Å². The van der Waals surface area contributed by atoms with E-state index in [1.165, 1.54) is 0 Å². The number of benzene rings is 1. The molecule has 0 atom stereocenters. The van der Waals surface area contributed by atoms with Gasteiger partial charge >= 0.3 is 0 Å². The van der Waals surface area contributed by atoms with E-state index in [9.17, 15) is 0 Å². The molecule has 1 aromatic carbocycles. The Bertz CT molecular complexity index is 442. The lowest BCUT2D eigenvalue weighted by molar-refractivity contribution is 0.381. The number of aromatic nitrogens is 2. The second-order valence-corrected chi connectivity index (χ2v) is 4.39. The van der Waals surface area contributed by atoms with E-state index in [0.29, 0.717) is 17.0 Å². The van der Waals surface area contributed by atoms with E-state index >= 15 is 0 Å². The highest BCUT2D eigenvalue weighted by molar-refractivity contribution is 9.10. The fourth-order valence-electron chi connectivity index (χ4n) is 1.13. The molecular weight excluding hydrogens is 312 g/mol. The Morgan fingerprint density at radius 2 is 2.14 bits per heavy atom. The minimum Gasteiger partial charge on any atom is -0.338 e. The SMILES string of the molecule is Brc1cccc(Cc2nc(Br)no2)c1. The number of halogens is 2. The summed E-state index contributed by atoms with van der Waals surface area (Å²) in [6.45, 7) is 0. The molecule has 14 heavy (non-hydrogen) atoms. The summed E-state index contributed by atoms with van der Waals surface area (Å²) in [5.74, 6) is 0.606. The average Bonchev–Trinajstić information content (AvgIpc) is 2.51. The van der Waals surface area contributed by atoms with Crippen LogP contribution >= 0.6 is 31.9 Å². The molecule has 0 bridgehead atoms. The minimum absolute atomic E-state index is 0.488. The second kappa shape index (κ2) is 4.23. The number of nitrogens with zero attached hydrogens (tertiary/aromatic N) is 2. The molecule has 0 fully saturated rings. The van der Waals surface area contributed by atoms with Crippen LogP contribution in [0.4, 0.5) is 0 Å². The Labute approximate surface area is 97.8 Å². The van der Waals surface area contributed by atoms with Gasteiger partial charge in [0.15, 0.2) is 0 Å². The number of rotatable bonds is 2. The summed E-state index contributed by atoms with van der Waals surface area (Å²) in [4.78, 5) is 4.06. The molecule has 0 radical (unpaired) electrons. The van der Waals surface area contributed by atoms with Gasteiger partial charge in [0.2, 0.25) is 10.6 Å². The largest absolute Gasteiger partial charge is 0.338 e. The van der Waals surface area contributed by atoms with E-state index in [-0.39, 0.29) is 0 Å². The van der Waals surface area contributed by atoms with Gasteiger partial charge in [-0.05, 0) is 38.8 Å². The summed E-state index contributed by atoms with van der Waals surface area (Å²) < 4.78 is 6.52. The molecule has 0 aliphatic carbocycles. The van der Waals surface area contributed by atoms with Crippen LogP contribution in [-0.2, 0) is 6.42 Å². The normalized spacial score (nSPS) is 10.4. The first kappa shape index (κ1) is 9.86. The Morgan fingerprint density at radius 3 is 2.79 bits per heavy atom. The van der Waals surface area contributed by atoms with E-state index in [2.05, 4.69) is 42.0 Å². The summed E-state index contributed by atoms with van der Waals surface area (Å²) in [6.07, 6.45) is 0.651. The van der Waals surface area contributed by atoms with Crippen molar-refractivity contribution in [3.05, 3.63) is 44.9 Å². The van der Waals surface area contributed by atoms with Crippen LogP contribution in [0, 0.1) is 0 Å². The highest BCUT2D eigenvalue weighted by Gasteiger charge is 2.04. The van der Waals surface area contributed by atoms with E-state index in [4.69, 9.17) is 4.52 Å². The summed E-state index contributed by atoms with van der Waals surface area (Å²) in [7, 11) is 0. The highest BCUT2D eigenvalue weighted by atomic mass is 79.9. The molecule has 1 aromatic heterocycles. The van der Waals surface area contributed by atoms with Crippen molar-refractivity contribution in [3.8, 4) is 0 Å². The van der Waals surface area contributed by atoms with Gasteiger partial charge in [0, 0.05) is 4.47 Å². The van der Waals surface area contributed by atoms with Crippen LogP contribution in [0.2, 0.25) is 0 Å². The van der Waals surface area contributed by atoms with Crippen molar-refractivity contribution >= 4 is 31.9 Å². The van der Waals surface area contributed by atoms with Crippen molar-refractivity contribution in [3.63, 3.8) is 0 Å². The maximum atomic E-state index is 4.98. The summed E-state index contributed by atoms with van der Waals surface area (Å²) in [5.41, 5.74) is 1.13. The fraction of sp³-hybridized carbons (Fsp3) is 0.111. The Kier molecular flexibility index (Phi) is 2.98. The first-order valence-corrected chi connectivity index (χ1v) is 5.55. The molecule has 0 N–H and O–H groups in total.